The van der Waals surface area contributed by atoms with Gasteiger partial charge in [-0.3, -0.25) is 10.2 Å². The van der Waals surface area contributed by atoms with Gasteiger partial charge in [-0.1, -0.05) is 63.2 Å². The lowest BCUT2D eigenvalue weighted by molar-refractivity contribution is -0.112. The zero-order chi connectivity index (χ0) is 30.6. The molecule has 2 saturated heterocycles. The van der Waals surface area contributed by atoms with Crippen LogP contribution in [0, 0.1) is 29.6 Å². The Hall–Kier alpha value is -0.730. The molecule has 0 aromatic heterocycles. The van der Waals surface area contributed by atoms with Crippen LogP contribution in [0.25, 0.3) is 0 Å². The van der Waals surface area contributed by atoms with Crippen LogP contribution in [0.2, 0.25) is 0 Å². The van der Waals surface area contributed by atoms with Crippen LogP contribution in [0.15, 0.2) is 24.9 Å². The van der Waals surface area contributed by atoms with Crippen molar-refractivity contribution >= 4 is 21.7 Å². The molecular formula is C35H62BrN5O. The molecule has 0 aromatic carbocycles. The monoisotopic (exact) mass is 647 g/mol. The number of ketones is 1. The number of carbonyl (C=O) groups excluding carboxylic acids is 1. The number of alkyl halides is 1. The molecule has 0 aromatic rings. The fourth-order valence-corrected chi connectivity index (χ4v) is 9.93. The predicted octanol–water partition coefficient (Wildman–Crippen LogP) is 6.41. The van der Waals surface area contributed by atoms with E-state index < -0.39 is 0 Å². The summed E-state index contributed by atoms with van der Waals surface area (Å²) in [6.07, 6.45) is 16.0. The summed E-state index contributed by atoms with van der Waals surface area (Å²) < 4.78 is 0. The Morgan fingerprint density at radius 3 is 2.24 bits per heavy atom. The number of carbonyl (C=O) groups is 1. The van der Waals surface area contributed by atoms with Crippen molar-refractivity contribution in [1.29, 1.82) is 0 Å². The number of nitrogens with two attached hydrogens (primary N) is 1. The molecule has 2 heterocycles. The van der Waals surface area contributed by atoms with E-state index in [2.05, 4.69) is 70.9 Å². The van der Waals surface area contributed by atoms with Crippen LogP contribution in [0.4, 0.5) is 0 Å². The number of rotatable bonds is 10. The third kappa shape index (κ3) is 7.55. The molecule has 0 amide bonds. The second-order valence-electron chi connectivity index (χ2n) is 14.1. The largest absolute Gasteiger partial charge is 0.372 e. The molecule has 5 rings (SSSR count). The highest BCUT2D eigenvalue weighted by atomic mass is 79.9. The molecule has 4 N–H and O–H groups in total. The van der Waals surface area contributed by atoms with Crippen LogP contribution < -0.4 is 16.5 Å². The Balaban J connectivity index is 0.000000748. The molecule has 2 aliphatic heterocycles. The van der Waals surface area contributed by atoms with Gasteiger partial charge in [0.15, 0.2) is 5.78 Å². The molecule has 42 heavy (non-hydrogen) atoms. The molecule has 3 aliphatic carbocycles. The van der Waals surface area contributed by atoms with Gasteiger partial charge in [-0.25, -0.2) is 5.01 Å². The van der Waals surface area contributed by atoms with Gasteiger partial charge in [0.2, 0.25) is 0 Å². The number of allylic oxidation sites excluding steroid dienone is 1. The van der Waals surface area contributed by atoms with Gasteiger partial charge < -0.3 is 16.0 Å². The van der Waals surface area contributed by atoms with Gasteiger partial charge in [0, 0.05) is 65.2 Å². The normalized spacial score (nSPS) is 40.5. The Kier molecular flexibility index (Phi) is 12.6. The van der Waals surface area contributed by atoms with Crippen molar-refractivity contribution in [3.63, 3.8) is 0 Å². The number of hydrogen-bond acceptors (Lipinski definition) is 6. The number of nitrogens with zero attached hydrogens (tertiary/aromatic N) is 2. The Labute approximate surface area is 266 Å². The zero-order valence-electron chi connectivity index (χ0n) is 27.4. The smallest absolute Gasteiger partial charge is 0.152 e. The van der Waals surface area contributed by atoms with Crippen LogP contribution in [0.1, 0.15) is 105 Å². The minimum Gasteiger partial charge on any atom is -0.372 e. The summed E-state index contributed by atoms with van der Waals surface area (Å²) in [6, 6.07) is 3.08. The Morgan fingerprint density at radius 2 is 1.71 bits per heavy atom. The van der Waals surface area contributed by atoms with Crippen LogP contribution >= 0.6 is 15.9 Å². The summed E-state index contributed by atoms with van der Waals surface area (Å²) in [5, 5.41) is 6.63. The van der Waals surface area contributed by atoms with Crippen molar-refractivity contribution in [2.24, 2.45) is 35.3 Å². The minimum atomic E-state index is 0.0185. The Bertz CT molecular complexity index is 902. The molecule has 240 valence electrons. The number of piperidine rings is 1. The number of hydrogen-bond donors (Lipinski definition) is 3. The highest BCUT2D eigenvalue weighted by Gasteiger charge is 2.53. The van der Waals surface area contributed by atoms with E-state index >= 15 is 0 Å². The first-order chi connectivity index (χ1) is 20.2. The van der Waals surface area contributed by atoms with E-state index in [0.29, 0.717) is 46.7 Å². The minimum absolute atomic E-state index is 0.0185. The summed E-state index contributed by atoms with van der Waals surface area (Å²) in [6.45, 7) is 21.0. The van der Waals surface area contributed by atoms with Gasteiger partial charge >= 0.3 is 0 Å². The standard InChI is InChI=1S/C31H56BrN5.C4H6O/c1-6-9-26-30-27(7-2)36(20(5)29-25(33)18-24(32)19(4)31(29)34-8-3)17-16-28(30)37(35-26)23-14-12-22(13-15-23)21-10-11-21;1-3-4(2)5/h19,21-31,34-35H,5-18,33H2,1-4H3;3H,1H2,2H3. The van der Waals surface area contributed by atoms with E-state index in [1.165, 1.54) is 82.9 Å². The van der Waals surface area contributed by atoms with E-state index in [4.69, 9.17) is 12.3 Å². The molecule has 5 fully saturated rings. The first-order valence-corrected chi connectivity index (χ1v) is 18.3. The molecular weight excluding hydrogens is 586 g/mol. The molecule has 9 unspecified atom stereocenters. The molecule has 9 atom stereocenters. The van der Waals surface area contributed by atoms with Crippen molar-refractivity contribution in [3.8, 4) is 0 Å². The summed E-state index contributed by atoms with van der Waals surface area (Å²) in [4.78, 5) is 12.9. The van der Waals surface area contributed by atoms with Gasteiger partial charge in [0.1, 0.15) is 0 Å². The van der Waals surface area contributed by atoms with E-state index in [1.807, 2.05) is 0 Å². The van der Waals surface area contributed by atoms with Crippen LogP contribution in [-0.4, -0.2) is 69.9 Å². The molecule has 0 spiro atoms. The lowest BCUT2D eigenvalue weighted by atomic mass is 9.71. The maximum absolute atomic E-state index is 9.69. The van der Waals surface area contributed by atoms with Gasteiger partial charge in [0.25, 0.3) is 0 Å². The highest BCUT2D eigenvalue weighted by Crippen LogP contribution is 2.47. The summed E-state index contributed by atoms with van der Waals surface area (Å²) in [7, 11) is 0. The average molecular weight is 649 g/mol. The van der Waals surface area contributed by atoms with Crippen molar-refractivity contribution < 1.29 is 4.79 Å². The Morgan fingerprint density at radius 1 is 1.10 bits per heavy atom. The van der Waals surface area contributed by atoms with Gasteiger partial charge in [-0.2, -0.15) is 0 Å². The lowest BCUT2D eigenvalue weighted by Crippen LogP contribution is -2.61. The van der Waals surface area contributed by atoms with Crippen LogP contribution in [-0.2, 0) is 4.79 Å². The fourth-order valence-electron chi connectivity index (χ4n) is 9.17. The van der Waals surface area contributed by atoms with E-state index in [-0.39, 0.29) is 11.8 Å². The highest BCUT2D eigenvalue weighted by molar-refractivity contribution is 9.09. The topological polar surface area (TPSA) is 73.6 Å². The first kappa shape index (κ1) is 34.1. The maximum Gasteiger partial charge on any atom is 0.152 e. The third-order valence-electron chi connectivity index (χ3n) is 11.5. The zero-order valence-corrected chi connectivity index (χ0v) is 29.0. The van der Waals surface area contributed by atoms with Crippen molar-refractivity contribution in [2.75, 3.05) is 13.1 Å². The summed E-state index contributed by atoms with van der Waals surface area (Å²) in [5.41, 5.74) is 12.4. The molecule has 3 saturated carbocycles. The van der Waals surface area contributed by atoms with Gasteiger partial charge in [0.05, 0.1) is 0 Å². The quantitative estimate of drug-likeness (QED) is 0.188. The third-order valence-corrected chi connectivity index (χ3v) is 12.7. The second-order valence-corrected chi connectivity index (χ2v) is 15.3. The van der Waals surface area contributed by atoms with E-state index in [1.54, 1.807) is 0 Å². The van der Waals surface area contributed by atoms with Gasteiger partial charge in [-0.05, 0) is 102 Å². The molecule has 0 radical (unpaired) electrons. The van der Waals surface area contributed by atoms with Crippen molar-refractivity contribution in [2.45, 2.75) is 146 Å². The SMILES string of the molecule is C=C(C1C(N)CC(Br)C(C)C1NCC)N1CCC2C(C(CCC)NN2C2CCC(C3CC3)CC2)C1CC.C=CC(C)=O. The molecule has 0 bridgehead atoms. The number of hydrazine groups is 1. The maximum atomic E-state index is 9.69. The predicted molar refractivity (Wildman–Crippen MR) is 180 cm³/mol. The number of nitrogens with one attached hydrogen (secondary N) is 2. The van der Waals surface area contributed by atoms with Crippen LogP contribution in [0.5, 0.6) is 0 Å². The summed E-state index contributed by atoms with van der Waals surface area (Å²) >= 11 is 3.95. The van der Waals surface area contributed by atoms with Crippen LogP contribution in [0.3, 0.4) is 0 Å². The number of likely N-dealkylation sites (tertiary alicyclic amines) is 1. The van der Waals surface area contributed by atoms with Crippen molar-refractivity contribution in [3.05, 3.63) is 24.9 Å². The summed E-state index contributed by atoms with van der Waals surface area (Å²) in [5.74, 6) is 3.65. The second kappa shape index (κ2) is 15.5. The van der Waals surface area contributed by atoms with E-state index in [9.17, 15) is 4.79 Å². The van der Waals surface area contributed by atoms with E-state index in [0.717, 1.165) is 37.4 Å². The average Bonchev–Trinajstić information content (AvgIpc) is 3.77. The molecule has 7 heteroatoms. The fraction of sp³-hybridized carbons (Fsp3) is 0.857. The van der Waals surface area contributed by atoms with Gasteiger partial charge in [-0.15, -0.1) is 0 Å². The number of fused-ring (bicyclic) bond motifs is 1. The molecule has 5 aliphatic rings. The lowest BCUT2D eigenvalue weighted by Gasteiger charge is -2.52. The number of halogens is 1. The van der Waals surface area contributed by atoms with Crippen molar-refractivity contribution in [1.82, 2.24) is 20.7 Å². The first-order valence-electron chi connectivity index (χ1n) is 17.4. The molecule has 6 nitrogen and oxygen atoms in total.